The molecule has 3 aromatic rings. The second-order valence-electron chi connectivity index (χ2n) is 8.82. The van der Waals surface area contributed by atoms with Gasteiger partial charge in [0.2, 0.25) is 5.91 Å². The van der Waals surface area contributed by atoms with Gasteiger partial charge in [-0.2, -0.15) is 0 Å². The van der Waals surface area contributed by atoms with Gasteiger partial charge in [0, 0.05) is 43.5 Å². The molecule has 2 aliphatic rings. The van der Waals surface area contributed by atoms with E-state index in [1.807, 2.05) is 35.2 Å². The quantitative estimate of drug-likeness (QED) is 0.458. The van der Waals surface area contributed by atoms with E-state index in [4.69, 9.17) is 4.74 Å². The van der Waals surface area contributed by atoms with Gasteiger partial charge < -0.3 is 20.5 Å². The van der Waals surface area contributed by atoms with Gasteiger partial charge in [0.15, 0.2) is 0 Å². The molecule has 1 fully saturated rings. The lowest BCUT2D eigenvalue weighted by molar-refractivity contribution is -0.115. The Morgan fingerprint density at radius 1 is 1.31 bits per heavy atom. The van der Waals surface area contributed by atoms with Crippen LogP contribution in [-0.4, -0.2) is 76.6 Å². The minimum atomic E-state index is -1.10. The highest BCUT2D eigenvalue weighted by Crippen LogP contribution is 2.34. The summed E-state index contributed by atoms with van der Waals surface area (Å²) < 4.78 is 20.4. The van der Waals surface area contributed by atoms with E-state index in [0.717, 1.165) is 21.4 Å². The maximum absolute atomic E-state index is 15.1. The lowest BCUT2D eigenvalue weighted by Gasteiger charge is -2.37. The molecule has 4 atom stereocenters. The van der Waals surface area contributed by atoms with E-state index in [0.29, 0.717) is 37.6 Å². The number of nitrogens with zero attached hydrogens (tertiary/aromatic N) is 3. The van der Waals surface area contributed by atoms with Gasteiger partial charge in [0.05, 0.1) is 23.6 Å². The molecule has 1 amide bonds. The molecule has 8 nitrogen and oxygen atoms in total. The molecule has 3 N–H and O–H groups in total. The first kappa shape index (κ1) is 23.9. The summed E-state index contributed by atoms with van der Waals surface area (Å²) in [5.41, 5.74) is 1.52. The third-order valence-corrected chi connectivity index (χ3v) is 7.79. The molecule has 35 heavy (non-hydrogen) atoms. The number of aliphatic hydroxyl groups is 1. The number of hydrogen-bond acceptors (Lipinski definition) is 8. The van der Waals surface area contributed by atoms with Crippen LogP contribution in [-0.2, 0) is 4.79 Å². The highest BCUT2D eigenvalue weighted by atomic mass is 32.2. The van der Waals surface area contributed by atoms with E-state index < -0.39 is 12.3 Å². The lowest BCUT2D eigenvalue weighted by atomic mass is 10.00. The van der Waals surface area contributed by atoms with Gasteiger partial charge in [0.25, 0.3) is 0 Å². The third kappa shape index (κ3) is 5.25. The molecule has 2 aromatic heterocycles. The Morgan fingerprint density at radius 2 is 2.20 bits per heavy atom. The van der Waals surface area contributed by atoms with Crippen molar-refractivity contribution in [3.63, 3.8) is 0 Å². The number of methoxy groups -OCH3 is 1. The zero-order valence-corrected chi connectivity index (χ0v) is 20.2. The van der Waals surface area contributed by atoms with Gasteiger partial charge in [-0.25, -0.2) is 9.37 Å². The number of anilines is 1. The number of rotatable bonds is 7. The van der Waals surface area contributed by atoms with E-state index in [9.17, 15) is 9.90 Å². The fourth-order valence-corrected chi connectivity index (χ4v) is 5.67. The molecule has 4 heterocycles. The number of carbonyl (C=O) groups excluding carboxylic acids is 1. The molecule has 1 unspecified atom stereocenters. The van der Waals surface area contributed by atoms with Crippen LogP contribution < -0.4 is 15.4 Å². The van der Waals surface area contributed by atoms with Crippen molar-refractivity contribution >= 4 is 34.4 Å². The van der Waals surface area contributed by atoms with Crippen LogP contribution >= 0.6 is 11.8 Å². The highest BCUT2D eigenvalue weighted by Gasteiger charge is 2.33. The van der Waals surface area contributed by atoms with Crippen LogP contribution in [0.5, 0.6) is 5.75 Å². The van der Waals surface area contributed by atoms with Gasteiger partial charge in [-0.3, -0.25) is 14.7 Å². The molecule has 0 radical (unpaired) electrons. The Balaban J connectivity index is 1.16. The SMILES string of the molecule is COc1ccc2nccc([C@@H](O)CN3CC[C@@H](NCC4Sc5cccnc5NC4=O)[C@H](F)C3)c2c1. The first-order chi connectivity index (χ1) is 17.0. The number of carbonyl (C=O) groups is 1. The van der Waals surface area contributed by atoms with Crippen molar-refractivity contribution in [3.8, 4) is 5.75 Å². The first-order valence-corrected chi connectivity index (χ1v) is 12.5. The van der Waals surface area contributed by atoms with Gasteiger partial charge in [0.1, 0.15) is 23.0 Å². The predicted molar refractivity (Wildman–Crippen MR) is 134 cm³/mol. The summed E-state index contributed by atoms with van der Waals surface area (Å²) in [6.45, 7) is 1.58. The van der Waals surface area contributed by atoms with Crippen LogP contribution in [0.25, 0.3) is 10.9 Å². The summed E-state index contributed by atoms with van der Waals surface area (Å²) in [6, 6.07) is 10.8. The predicted octanol–water partition coefficient (Wildman–Crippen LogP) is 2.79. The third-order valence-electron chi connectivity index (χ3n) is 6.54. The van der Waals surface area contributed by atoms with Gasteiger partial charge in [-0.1, -0.05) is 0 Å². The number of thioether (sulfide) groups is 1. The number of halogens is 1. The minimum absolute atomic E-state index is 0.120. The molecule has 0 aliphatic carbocycles. The van der Waals surface area contributed by atoms with Crippen LogP contribution in [0.4, 0.5) is 10.2 Å². The van der Waals surface area contributed by atoms with Crippen LogP contribution in [0.1, 0.15) is 18.1 Å². The Labute approximate surface area is 207 Å². The molecule has 2 aliphatic heterocycles. The van der Waals surface area contributed by atoms with Crippen LogP contribution in [0.15, 0.2) is 53.7 Å². The Kier molecular flexibility index (Phi) is 7.14. The fraction of sp³-hybridized carbons (Fsp3) is 0.400. The number of fused-ring (bicyclic) bond motifs is 2. The Bertz CT molecular complexity index is 1210. The number of pyridine rings is 2. The number of hydrogen-bond donors (Lipinski definition) is 3. The normalized spacial score (nSPS) is 23.5. The second kappa shape index (κ2) is 10.4. The summed E-state index contributed by atoms with van der Waals surface area (Å²) in [5, 5.41) is 17.5. The van der Waals surface area contributed by atoms with E-state index in [1.165, 1.54) is 11.8 Å². The number of β-amino-alcohol motifs (C(OH)–C–C–N with tert-alkyl or cyclic N) is 1. The smallest absolute Gasteiger partial charge is 0.240 e. The molecular weight excluding hydrogens is 469 g/mol. The maximum atomic E-state index is 15.1. The van der Waals surface area contributed by atoms with Crippen molar-refractivity contribution in [3.05, 3.63) is 54.4 Å². The highest BCUT2D eigenvalue weighted by molar-refractivity contribution is 8.01. The molecule has 0 spiro atoms. The maximum Gasteiger partial charge on any atom is 0.240 e. The average Bonchev–Trinajstić information content (AvgIpc) is 2.87. The van der Waals surface area contributed by atoms with Crippen LogP contribution in [0.3, 0.4) is 0 Å². The number of aromatic nitrogens is 2. The van der Waals surface area contributed by atoms with E-state index in [1.54, 1.807) is 25.6 Å². The first-order valence-electron chi connectivity index (χ1n) is 11.6. The molecular formula is C25H28FN5O3S. The lowest BCUT2D eigenvalue weighted by Crippen LogP contribution is -2.53. The zero-order chi connectivity index (χ0) is 24.4. The second-order valence-corrected chi connectivity index (χ2v) is 10.1. The van der Waals surface area contributed by atoms with Crippen molar-refractivity contribution in [2.75, 3.05) is 38.6 Å². The molecule has 5 rings (SSSR count). The summed E-state index contributed by atoms with van der Waals surface area (Å²) in [4.78, 5) is 23.8. The van der Waals surface area contributed by atoms with Crippen LogP contribution in [0.2, 0.25) is 0 Å². The summed E-state index contributed by atoms with van der Waals surface area (Å²) in [7, 11) is 1.60. The summed E-state index contributed by atoms with van der Waals surface area (Å²) in [6.07, 6.45) is 2.03. The number of likely N-dealkylation sites (tertiary alicyclic amines) is 1. The Hall–Kier alpha value is -2.79. The Morgan fingerprint density at radius 3 is 3.03 bits per heavy atom. The van der Waals surface area contributed by atoms with Crippen molar-refractivity contribution < 1.29 is 19.0 Å². The van der Waals surface area contributed by atoms with Gasteiger partial charge in [-0.15, -0.1) is 11.8 Å². The molecule has 10 heteroatoms. The minimum Gasteiger partial charge on any atom is -0.497 e. The topological polar surface area (TPSA) is 99.6 Å². The number of benzene rings is 1. The largest absolute Gasteiger partial charge is 0.497 e. The average molecular weight is 498 g/mol. The van der Waals surface area contributed by atoms with Gasteiger partial charge in [-0.05, 0) is 54.9 Å². The monoisotopic (exact) mass is 497 g/mol. The van der Waals surface area contributed by atoms with E-state index >= 15 is 4.39 Å². The number of piperidine rings is 1. The number of aliphatic hydroxyl groups excluding tert-OH is 1. The van der Waals surface area contributed by atoms with Crippen molar-refractivity contribution in [1.82, 2.24) is 20.2 Å². The van der Waals surface area contributed by atoms with Crippen molar-refractivity contribution in [2.45, 2.75) is 34.9 Å². The zero-order valence-electron chi connectivity index (χ0n) is 19.4. The summed E-state index contributed by atoms with van der Waals surface area (Å²) in [5.74, 6) is 1.15. The fourth-order valence-electron chi connectivity index (χ4n) is 4.65. The number of amides is 1. The van der Waals surface area contributed by atoms with E-state index in [2.05, 4.69) is 20.6 Å². The number of alkyl halides is 1. The standard InChI is InChI=1S/C25H28FN5O3S/c1-34-15-4-5-19-17(11-15)16(6-9-27-19)21(32)14-31-10-7-20(18(26)13-31)29-12-23-25(33)30-24-22(35-23)3-2-8-28-24/h2-6,8-9,11,18,20-21,23,29,32H,7,10,12-14H2,1H3,(H,28,30,33)/t18-,20-,21+,23?/m1/s1. The van der Waals surface area contributed by atoms with Crippen molar-refractivity contribution in [1.29, 1.82) is 0 Å². The number of ether oxygens (including phenoxy) is 1. The number of nitrogens with one attached hydrogen (secondary N) is 2. The molecule has 1 aromatic carbocycles. The molecule has 1 saturated heterocycles. The van der Waals surface area contributed by atoms with Crippen LogP contribution in [0, 0.1) is 0 Å². The summed E-state index contributed by atoms with van der Waals surface area (Å²) >= 11 is 1.45. The van der Waals surface area contributed by atoms with E-state index in [-0.39, 0.29) is 23.7 Å². The van der Waals surface area contributed by atoms with Crippen molar-refractivity contribution in [2.24, 2.45) is 0 Å². The molecule has 184 valence electrons. The van der Waals surface area contributed by atoms with Gasteiger partial charge >= 0.3 is 0 Å². The molecule has 0 saturated carbocycles. The molecule has 0 bridgehead atoms.